The predicted molar refractivity (Wildman–Crippen MR) is 39.5 cm³/mol. The second-order valence-electron chi connectivity index (χ2n) is 2.89. The first-order valence-corrected chi connectivity index (χ1v) is 3.55. The van der Waals surface area contributed by atoms with Gasteiger partial charge in [0.05, 0.1) is 0 Å². The molecule has 0 aromatic rings. The Kier molecular flexibility index (Phi) is 2.31. The number of rotatable bonds is 1. The fraction of sp³-hybridized carbons (Fsp3) is 1.00. The van der Waals surface area contributed by atoms with Crippen LogP contribution in [0, 0.1) is 0 Å². The molecule has 0 unspecified atom stereocenters. The SMILES string of the molecule is [B]N1CCC(F)(CN)CC1. The minimum absolute atomic E-state index is 0.126. The van der Waals surface area contributed by atoms with Crippen molar-refractivity contribution in [3.05, 3.63) is 0 Å². The summed E-state index contributed by atoms with van der Waals surface area (Å²) in [5.41, 5.74) is 4.11. The molecule has 0 saturated carbocycles. The highest BCUT2D eigenvalue weighted by molar-refractivity contribution is 6.04. The summed E-state index contributed by atoms with van der Waals surface area (Å²) in [5.74, 6) is 0. The van der Waals surface area contributed by atoms with E-state index in [2.05, 4.69) is 0 Å². The third-order valence-electron chi connectivity index (χ3n) is 2.06. The molecule has 0 spiro atoms. The van der Waals surface area contributed by atoms with Gasteiger partial charge in [-0.1, -0.05) is 0 Å². The van der Waals surface area contributed by atoms with E-state index in [-0.39, 0.29) is 6.54 Å². The zero-order valence-corrected chi connectivity index (χ0v) is 6.02. The van der Waals surface area contributed by atoms with Gasteiger partial charge in [0.25, 0.3) is 0 Å². The summed E-state index contributed by atoms with van der Waals surface area (Å²) in [6.07, 6.45) is 0.944. The van der Waals surface area contributed by atoms with Gasteiger partial charge < -0.3 is 10.5 Å². The molecule has 1 aliphatic heterocycles. The maximum atomic E-state index is 13.3. The van der Waals surface area contributed by atoms with Crippen LogP contribution in [0.3, 0.4) is 0 Å². The van der Waals surface area contributed by atoms with Gasteiger partial charge in [0.2, 0.25) is 0 Å². The second kappa shape index (κ2) is 2.88. The lowest BCUT2D eigenvalue weighted by Gasteiger charge is -2.33. The first kappa shape index (κ1) is 8.02. The fourth-order valence-electron chi connectivity index (χ4n) is 1.13. The standard InChI is InChI=1S/C6H12BFN2/c7-10-3-1-6(8,5-9)2-4-10/h1-5,9H2. The number of halogens is 1. The predicted octanol–water partition coefficient (Wildman–Crippen LogP) is -0.167. The molecule has 1 aliphatic rings. The summed E-state index contributed by atoms with van der Waals surface area (Å²) in [6, 6.07) is 0. The maximum Gasteiger partial charge on any atom is 0.182 e. The van der Waals surface area contributed by atoms with Gasteiger partial charge in [0.1, 0.15) is 5.67 Å². The fourth-order valence-corrected chi connectivity index (χ4v) is 1.13. The summed E-state index contributed by atoms with van der Waals surface area (Å²) in [5, 5.41) is 0. The molecular formula is C6H12BFN2. The van der Waals surface area contributed by atoms with Gasteiger partial charge in [-0.25, -0.2) is 4.39 Å². The molecule has 2 radical (unpaired) electrons. The molecular weight excluding hydrogens is 130 g/mol. The molecule has 2 nitrogen and oxygen atoms in total. The van der Waals surface area contributed by atoms with Gasteiger partial charge >= 0.3 is 0 Å². The van der Waals surface area contributed by atoms with Crippen LogP contribution in [0.1, 0.15) is 12.8 Å². The molecule has 4 heteroatoms. The Labute approximate surface area is 62.0 Å². The monoisotopic (exact) mass is 142 g/mol. The van der Waals surface area contributed by atoms with Crippen LogP contribution in [0.25, 0.3) is 0 Å². The van der Waals surface area contributed by atoms with Gasteiger partial charge in [-0.15, -0.1) is 0 Å². The summed E-state index contributed by atoms with van der Waals surface area (Å²) >= 11 is 0. The minimum Gasteiger partial charge on any atom is -0.353 e. The van der Waals surface area contributed by atoms with Crippen LogP contribution in [-0.2, 0) is 0 Å². The third-order valence-corrected chi connectivity index (χ3v) is 2.06. The highest BCUT2D eigenvalue weighted by Gasteiger charge is 2.31. The van der Waals surface area contributed by atoms with Crippen LogP contribution < -0.4 is 5.73 Å². The van der Waals surface area contributed by atoms with E-state index in [9.17, 15) is 4.39 Å². The molecule has 0 aliphatic carbocycles. The van der Waals surface area contributed by atoms with Crippen molar-refractivity contribution in [1.82, 2.24) is 4.81 Å². The van der Waals surface area contributed by atoms with E-state index in [1.807, 2.05) is 0 Å². The van der Waals surface area contributed by atoms with Crippen LogP contribution in [0.5, 0.6) is 0 Å². The van der Waals surface area contributed by atoms with Gasteiger partial charge in [0.15, 0.2) is 7.98 Å². The Hall–Kier alpha value is -0.0851. The average molecular weight is 142 g/mol. The van der Waals surface area contributed by atoms with Gasteiger partial charge in [-0.3, -0.25) is 0 Å². The van der Waals surface area contributed by atoms with Crippen molar-refractivity contribution in [2.45, 2.75) is 18.5 Å². The Balaban J connectivity index is 2.38. The number of nitrogens with zero attached hydrogens (tertiary/aromatic N) is 1. The average Bonchev–Trinajstić information content (AvgIpc) is 1.96. The molecule has 1 saturated heterocycles. The van der Waals surface area contributed by atoms with Crippen molar-refractivity contribution >= 4 is 7.98 Å². The van der Waals surface area contributed by atoms with E-state index >= 15 is 0 Å². The zero-order chi connectivity index (χ0) is 7.61. The maximum absolute atomic E-state index is 13.3. The Morgan fingerprint density at radius 1 is 1.50 bits per heavy atom. The number of piperidine rings is 1. The van der Waals surface area contributed by atoms with Crippen molar-refractivity contribution in [3.8, 4) is 0 Å². The van der Waals surface area contributed by atoms with Gasteiger partial charge in [-0.05, 0) is 25.9 Å². The molecule has 0 bridgehead atoms. The van der Waals surface area contributed by atoms with Crippen LogP contribution in [0.2, 0.25) is 0 Å². The second-order valence-corrected chi connectivity index (χ2v) is 2.89. The molecule has 0 aromatic carbocycles. The molecule has 10 heavy (non-hydrogen) atoms. The van der Waals surface area contributed by atoms with E-state index in [0.717, 1.165) is 0 Å². The summed E-state index contributed by atoms with van der Waals surface area (Å²) in [6.45, 7) is 1.36. The van der Waals surface area contributed by atoms with E-state index in [4.69, 9.17) is 13.7 Å². The summed E-state index contributed by atoms with van der Waals surface area (Å²) < 4.78 is 13.3. The first-order chi connectivity index (χ1) is 4.66. The number of nitrogens with two attached hydrogens (primary N) is 1. The lowest BCUT2D eigenvalue weighted by atomic mass is 9.92. The highest BCUT2D eigenvalue weighted by Crippen LogP contribution is 2.23. The Bertz CT molecular complexity index is 112. The van der Waals surface area contributed by atoms with E-state index < -0.39 is 5.67 Å². The molecule has 0 aromatic heterocycles. The lowest BCUT2D eigenvalue weighted by molar-refractivity contribution is 0.0981. The van der Waals surface area contributed by atoms with E-state index in [1.54, 1.807) is 4.81 Å². The third kappa shape index (κ3) is 1.70. The molecule has 56 valence electrons. The normalized spacial score (nSPS) is 26.6. The quantitative estimate of drug-likeness (QED) is 0.515. The molecule has 1 rings (SSSR count). The highest BCUT2D eigenvalue weighted by atomic mass is 19.1. The van der Waals surface area contributed by atoms with Crippen LogP contribution in [0.4, 0.5) is 4.39 Å². The van der Waals surface area contributed by atoms with Crippen LogP contribution in [-0.4, -0.2) is 38.1 Å². The van der Waals surface area contributed by atoms with E-state index in [0.29, 0.717) is 25.9 Å². The van der Waals surface area contributed by atoms with Gasteiger partial charge in [-0.2, -0.15) is 0 Å². The largest absolute Gasteiger partial charge is 0.353 e. The summed E-state index contributed by atoms with van der Waals surface area (Å²) in [4.78, 5) is 1.63. The molecule has 0 atom stereocenters. The number of hydrogen-bond acceptors (Lipinski definition) is 2. The van der Waals surface area contributed by atoms with Crippen molar-refractivity contribution in [1.29, 1.82) is 0 Å². The van der Waals surface area contributed by atoms with Crippen LogP contribution >= 0.6 is 0 Å². The molecule has 0 amide bonds. The summed E-state index contributed by atoms with van der Waals surface area (Å²) in [7, 11) is 5.44. The molecule has 2 N–H and O–H groups in total. The first-order valence-electron chi connectivity index (χ1n) is 3.55. The van der Waals surface area contributed by atoms with Crippen molar-refractivity contribution < 1.29 is 4.39 Å². The zero-order valence-electron chi connectivity index (χ0n) is 6.02. The van der Waals surface area contributed by atoms with Crippen LogP contribution in [0.15, 0.2) is 0 Å². The van der Waals surface area contributed by atoms with E-state index in [1.165, 1.54) is 0 Å². The molecule has 1 heterocycles. The van der Waals surface area contributed by atoms with Crippen molar-refractivity contribution in [2.75, 3.05) is 19.6 Å². The Morgan fingerprint density at radius 3 is 2.40 bits per heavy atom. The number of hydrogen-bond donors (Lipinski definition) is 1. The molecule has 1 fully saturated rings. The lowest BCUT2D eigenvalue weighted by Crippen LogP contribution is -2.44. The van der Waals surface area contributed by atoms with Crippen molar-refractivity contribution in [2.24, 2.45) is 5.73 Å². The smallest absolute Gasteiger partial charge is 0.182 e. The number of alkyl halides is 1. The van der Waals surface area contributed by atoms with Crippen molar-refractivity contribution in [3.63, 3.8) is 0 Å². The topological polar surface area (TPSA) is 29.3 Å². The minimum atomic E-state index is -1.14. The Morgan fingerprint density at radius 2 is 2.00 bits per heavy atom. The van der Waals surface area contributed by atoms with Gasteiger partial charge in [0, 0.05) is 6.54 Å².